The van der Waals surface area contributed by atoms with E-state index in [1.807, 2.05) is 30.3 Å². The smallest absolute Gasteiger partial charge is 0.434 e. The zero-order chi connectivity index (χ0) is 23.6. The number of pyridine rings is 1. The van der Waals surface area contributed by atoms with Gasteiger partial charge in [0.15, 0.2) is 10.8 Å². The number of nitrogens with one attached hydrogen (secondary N) is 1. The first-order valence-electron chi connectivity index (χ1n) is 10.9. The van der Waals surface area contributed by atoms with E-state index in [0.717, 1.165) is 41.7 Å². The van der Waals surface area contributed by atoms with E-state index < -0.39 is 11.9 Å². The molecule has 4 rings (SSSR count). The van der Waals surface area contributed by atoms with E-state index in [-0.39, 0.29) is 21.3 Å². The van der Waals surface area contributed by atoms with Crippen molar-refractivity contribution < 1.29 is 17.9 Å². The van der Waals surface area contributed by atoms with Crippen LogP contribution in [0.25, 0.3) is 5.57 Å². The summed E-state index contributed by atoms with van der Waals surface area (Å²) in [5, 5.41) is 3.17. The average molecular weight is 474 g/mol. The SMILES string of the molecule is CC(C)(C)c1ccccc1Oc1ncccc1Nc1nc(C(F)(F)F)c(C2=CCCCC2)s1. The number of hydrogen-bond donors (Lipinski definition) is 1. The van der Waals surface area contributed by atoms with Crippen LogP contribution >= 0.6 is 11.3 Å². The first kappa shape index (κ1) is 23.3. The van der Waals surface area contributed by atoms with Crippen molar-refractivity contribution in [2.45, 2.75) is 58.0 Å². The second-order valence-electron chi connectivity index (χ2n) is 9.00. The van der Waals surface area contributed by atoms with Crippen LogP contribution in [0.1, 0.15) is 62.6 Å². The highest BCUT2D eigenvalue weighted by molar-refractivity contribution is 7.16. The standard InChI is InChI=1S/C25H26F3N3OS/c1-24(2,3)17-12-7-8-14-19(17)32-22-18(13-9-15-29-22)30-23-31-21(25(26,27)28)20(33-23)16-10-5-4-6-11-16/h7-10,12-15H,4-6,11H2,1-3H3,(H,30,31). The molecule has 1 aliphatic carbocycles. The molecule has 0 spiro atoms. The third-order valence-electron chi connectivity index (χ3n) is 5.39. The number of thiazole rings is 1. The average Bonchev–Trinajstić information content (AvgIpc) is 3.20. The number of rotatable bonds is 5. The van der Waals surface area contributed by atoms with Gasteiger partial charge in [0, 0.05) is 11.8 Å². The predicted octanol–water partition coefficient (Wildman–Crippen LogP) is 8.35. The number of nitrogens with zero attached hydrogens (tertiary/aromatic N) is 2. The summed E-state index contributed by atoms with van der Waals surface area (Å²) in [6.07, 6.45) is 2.28. The lowest BCUT2D eigenvalue weighted by Crippen LogP contribution is -2.12. The van der Waals surface area contributed by atoms with Crippen LogP contribution in [0.15, 0.2) is 48.7 Å². The van der Waals surface area contributed by atoms with Crippen LogP contribution in [-0.2, 0) is 11.6 Å². The topological polar surface area (TPSA) is 47.0 Å². The molecule has 3 aromatic rings. The molecule has 2 heterocycles. The van der Waals surface area contributed by atoms with Crippen LogP contribution in [0.3, 0.4) is 0 Å². The zero-order valence-electron chi connectivity index (χ0n) is 18.8. The maximum Gasteiger partial charge on any atom is 0.434 e. The third kappa shape index (κ3) is 5.38. The number of halogens is 3. The van der Waals surface area contributed by atoms with Gasteiger partial charge >= 0.3 is 6.18 Å². The summed E-state index contributed by atoms with van der Waals surface area (Å²) in [4.78, 5) is 8.42. The Balaban J connectivity index is 1.67. The molecule has 1 aromatic carbocycles. The summed E-state index contributed by atoms with van der Waals surface area (Å²) in [5.41, 5.74) is 1.18. The van der Waals surface area contributed by atoms with Crippen molar-refractivity contribution in [3.8, 4) is 11.6 Å². The fourth-order valence-electron chi connectivity index (χ4n) is 3.79. The number of hydrogen-bond acceptors (Lipinski definition) is 5. The van der Waals surface area contributed by atoms with E-state index in [1.165, 1.54) is 0 Å². The molecule has 0 bridgehead atoms. The fourth-order valence-corrected chi connectivity index (χ4v) is 4.86. The van der Waals surface area contributed by atoms with Gasteiger partial charge in [-0.25, -0.2) is 9.97 Å². The number of aromatic nitrogens is 2. The molecular formula is C25H26F3N3OS. The summed E-state index contributed by atoms with van der Waals surface area (Å²) >= 11 is 1.02. The quantitative estimate of drug-likeness (QED) is 0.404. The Morgan fingerprint density at radius 3 is 2.52 bits per heavy atom. The lowest BCUT2D eigenvalue weighted by molar-refractivity contribution is -0.140. The lowest BCUT2D eigenvalue weighted by Gasteiger charge is -2.22. The first-order valence-corrected chi connectivity index (χ1v) is 11.7. The van der Waals surface area contributed by atoms with Gasteiger partial charge in [0.1, 0.15) is 11.4 Å². The van der Waals surface area contributed by atoms with Gasteiger partial charge in [0.05, 0.1) is 4.88 Å². The van der Waals surface area contributed by atoms with E-state index in [1.54, 1.807) is 18.3 Å². The van der Waals surface area contributed by atoms with Gasteiger partial charge in [-0.15, -0.1) is 0 Å². The molecule has 0 saturated carbocycles. The second-order valence-corrected chi connectivity index (χ2v) is 10.00. The zero-order valence-corrected chi connectivity index (χ0v) is 19.6. The molecule has 4 nitrogen and oxygen atoms in total. The minimum atomic E-state index is -4.52. The van der Waals surface area contributed by atoms with Crippen LogP contribution < -0.4 is 10.1 Å². The van der Waals surface area contributed by atoms with Crippen LogP contribution in [0.4, 0.5) is 24.0 Å². The summed E-state index contributed by atoms with van der Waals surface area (Å²) in [6.45, 7) is 6.26. The number of alkyl halides is 3. The Labute approximate surface area is 195 Å². The van der Waals surface area contributed by atoms with Crippen LogP contribution in [-0.4, -0.2) is 9.97 Å². The molecule has 0 atom stereocenters. The van der Waals surface area contributed by atoms with Crippen LogP contribution in [0, 0.1) is 0 Å². The highest BCUT2D eigenvalue weighted by Gasteiger charge is 2.38. The Kier molecular flexibility index (Phi) is 6.47. The van der Waals surface area contributed by atoms with E-state index >= 15 is 0 Å². The molecule has 0 unspecified atom stereocenters. The van der Waals surface area contributed by atoms with Crippen molar-refractivity contribution in [1.29, 1.82) is 0 Å². The second kappa shape index (κ2) is 9.17. The van der Waals surface area contributed by atoms with Crippen molar-refractivity contribution in [3.05, 3.63) is 64.8 Å². The molecule has 0 saturated heterocycles. The summed E-state index contributed by atoms with van der Waals surface area (Å²) in [7, 11) is 0. The van der Waals surface area contributed by atoms with Crippen molar-refractivity contribution in [3.63, 3.8) is 0 Å². The van der Waals surface area contributed by atoms with E-state index in [4.69, 9.17) is 4.74 Å². The molecule has 33 heavy (non-hydrogen) atoms. The first-order chi connectivity index (χ1) is 15.6. The third-order valence-corrected chi connectivity index (χ3v) is 6.44. The van der Waals surface area contributed by atoms with Gasteiger partial charge in [-0.2, -0.15) is 13.2 Å². The Morgan fingerprint density at radius 2 is 1.82 bits per heavy atom. The van der Waals surface area contributed by atoms with Gasteiger partial charge in [0.2, 0.25) is 5.88 Å². The maximum atomic E-state index is 13.7. The molecule has 2 aromatic heterocycles. The Hall–Kier alpha value is -2.87. The summed E-state index contributed by atoms with van der Waals surface area (Å²) in [6, 6.07) is 11.1. The van der Waals surface area contributed by atoms with Gasteiger partial charge in [-0.3, -0.25) is 0 Å². The lowest BCUT2D eigenvalue weighted by atomic mass is 9.86. The summed E-state index contributed by atoms with van der Waals surface area (Å²) < 4.78 is 47.3. The number of anilines is 2. The normalized spacial score (nSPS) is 14.7. The molecule has 0 aliphatic heterocycles. The van der Waals surface area contributed by atoms with Gasteiger partial charge in [-0.05, 0) is 54.9 Å². The molecule has 1 N–H and O–H groups in total. The fraction of sp³-hybridized carbons (Fsp3) is 0.360. The molecule has 174 valence electrons. The highest BCUT2D eigenvalue weighted by atomic mass is 32.1. The number of ether oxygens (including phenoxy) is 1. The summed E-state index contributed by atoms with van der Waals surface area (Å²) in [5.74, 6) is 0.923. The molecule has 8 heteroatoms. The van der Waals surface area contributed by atoms with Gasteiger partial charge in [-0.1, -0.05) is 56.4 Å². The van der Waals surface area contributed by atoms with Crippen LogP contribution in [0.5, 0.6) is 11.6 Å². The van der Waals surface area contributed by atoms with Crippen molar-refractivity contribution >= 4 is 27.7 Å². The largest absolute Gasteiger partial charge is 0.437 e. The van der Waals surface area contributed by atoms with E-state index in [2.05, 4.69) is 36.1 Å². The highest BCUT2D eigenvalue weighted by Crippen LogP contribution is 2.43. The van der Waals surface area contributed by atoms with E-state index in [9.17, 15) is 13.2 Å². The number of allylic oxidation sites excluding steroid dienone is 2. The maximum absolute atomic E-state index is 13.7. The van der Waals surface area contributed by atoms with Gasteiger partial charge < -0.3 is 10.1 Å². The number of para-hydroxylation sites is 1. The van der Waals surface area contributed by atoms with Crippen molar-refractivity contribution in [1.82, 2.24) is 9.97 Å². The number of benzene rings is 1. The predicted molar refractivity (Wildman–Crippen MR) is 126 cm³/mol. The van der Waals surface area contributed by atoms with Gasteiger partial charge in [0.25, 0.3) is 0 Å². The molecule has 0 radical (unpaired) electrons. The molecule has 0 fully saturated rings. The Morgan fingerprint density at radius 1 is 1.03 bits per heavy atom. The molecule has 0 amide bonds. The van der Waals surface area contributed by atoms with E-state index in [0.29, 0.717) is 17.9 Å². The van der Waals surface area contributed by atoms with Crippen LogP contribution in [0.2, 0.25) is 0 Å². The van der Waals surface area contributed by atoms with Crippen molar-refractivity contribution in [2.75, 3.05) is 5.32 Å². The Bertz CT molecular complexity index is 1160. The van der Waals surface area contributed by atoms with Crippen molar-refractivity contribution in [2.24, 2.45) is 0 Å². The molecular weight excluding hydrogens is 447 g/mol. The molecule has 1 aliphatic rings. The monoisotopic (exact) mass is 473 g/mol. The minimum absolute atomic E-state index is 0.154. The minimum Gasteiger partial charge on any atom is -0.437 e.